The molecule has 0 aromatic carbocycles. The van der Waals surface area contributed by atoms with Crippen LogP contribution in [0.15, 0.2) is 0 Å². The Morgan fingerprint density at radius 3 is 1.12 bits per heavy atom. The van der Waals surface area contributed by atoms with Gasteiger partial charge >= 0.3 is 39.2 Å². The van der Waals surface area contributed by atoms with Crippen molar-refractivity contribution in [2.75, 3.05) is 0 Å². The first-order valence-corrected chi connectivity index (χ1v) is 14.2. The van der Waals surface area contributed by atoms with Crippen molar-refractivity contribution in [3.05, 3.63) is 0 Å². The first-order chi connectivity index (χ1) is 11.8. The van der Waals surface area contributed by atoms with Crippen molar-refractivity contribution in [2.45, 2.75) is 110 Å². The summed E-state index contributed by atoms with van der Waals surface area (Å²) in [6.45, 7) is 2.27. The molecule has 0 fully saturated rings. The Labute approximate surface area is 158 Å². The molecule has 0 aromatic heterocycles. The molecule has 0 bridgehead atoms. The summed E-state index contributed by atoms with van der Waals surface area (Å²) in [5.74, 6) is -0.653. The van der Waals surface area contributed by atoms with E-state index in [1.165, 1.54) is 83.5 Å². The van der Waals surface area contributed by atoms with E-state index in [0.29, 0.717) is 6.42 Å². The van der Waals surface area contributed by atoms with Gasteiger partial charge in [0.1, 0.15) is 0 Å². The van der Waals surface area contributed by atoms with Crippen LogP contribution in [-0.4, -0.2) is 41.3 Å². The zero-order valence-electron chi connectivity index (χ0n) is 15.9. The molecule has 4 N–H and O–H groups in total. The van der Waals surface area contributed by atoms with Gasteiger partial charge in [0.25, 0.3) is 0 Å². The van der Waals surface area contributed by atoms with E-state index in [1.807, 2.05) is 0 Å². The van der Waals surface area contributed by atoms with Gasteiger partial charge in [-0.25, -0.2) is 0 Å². The van der Waals surface area contributed by atoms with Gasteiger partial charge in [-0.3, -0.25) is 4.79 Å². The summed E-state index contributed by atoms with van der Waals surface area (Å²) in [6, 6.07) is 0. The first-order valence-electron chi connectivity index (χ1n) is 9.77. The van der Waals surface area contributed by atoms with Crippen LogP contribution >= 0.6 is 0 Å². The average Bonchev–Trinajstić information content (AvgIpc) is 2.49. The van der Waals surface area contributed by atoms with Crippen molar-refractivity contribution in [1.82, 2.24) is 0 Å². The molecule has 0 rings (SSSR count). The molecular formula is C18H39O6Sb. The van der Waals surface area contributed by atoms with E-state index >= 15 is 0 Å². The van der Waals surface area contributed by atoms with E-state index in [9.17, 15) is 4.79 Å². The van der Waals surface area contributed by atoms with Crippen LogP contribution in [0.1, 0.15) is 110 Å². The maximum absolute atomic E-state index is 10.3. The molecule has 0 heterocycles. The van der Waals surface area contributed by atoms with E-state index in [0.717, 1.165) is 12.8 Å². The van der Waals surface area contributed by atoms with Gasteiger partial charge in [-0.1, -0.05) is 96.8 Å². The van der Waals surface area contributed by atoms with Crippen LogP contribution in [0.25, 0.3) is 0 Å². The number of rotatable bonds is 16. The molecule has 0 unspecified atom stereocenters. The molecule has 0 aliphatic carbocycles. The van der Waals surface area contributed by atoms with Crippen LogP contribution in [0.3, 0.4) is 0 Å². The summed E-state index contributed by atoms with van der Waals surface area (Å²) < 4.78 is 30.8. The number of hydrogen-bond donors (Lipinski definition) is 4. The summed E-state index contributed by atoms with van der Waals surface area (Å²) in [7, 11) is 0. The molecule has 0 saturated heterocycles. The molecule has 6 nitrogen and oxygen atoms in total. The van der Waals surface area contributed by atoms with Gasteiger partial charge in [-0.15, -0.1) is 0 Å². The number of carboxylic acids is 1. The predicted octanol–water partition coefficient (Wildman–Crippen LogP) is 4.16. The van der Waals surface area contributed by atoms with Crippen molar-refractivity contribution in [3.8, 4) is 0 Å². The van der Waals surface area contributed by atoms with Gasteiger partial charge < -0.3 is 5.11 Å². The SMILES string of the molecule is CCCCCCCCCCCCCCCCCC(=O)O.[O]=[Sb]([OH])([OH])[OH]. The second kappa shape index (κ2) is 20.3. The third-order valence-corrected chi connectivity index (χ3v) is 3.99. The molecule has 7 heteroatoms. The normalized spacial score (nSPS) is 11.0. The summed E-state index contributed by atoms with van der Waals surface area (Å²) in [5.41, 5.74) is 0. The van der Waals surface area contributed by atoms with Crippen molar-refractivity contribution in [2.24, 2.45) is 0 Å². The Morgan fingerprint density at radius 2 is 0.880 bits per heavy atom. The number of aliphatic carboxylic acids is 1. The van der Waals surface area contributed by atoms with Gasteiger partial charge in [0, 0.05) is 6.42 Å². The Kier molecular flexibility index (Phi) is 22.1. The molecule has 0 aliphatic heterocycles. The fourth-order valence-electron chi connectivity index (χ4n) is 2.65. The molecule has 0 aromatic rings. The number of hydrogen-bond acceptors (Lipinski definition) is 2. The van der Waals surface area contributed by atoms with Gasteiger partial charge in [0.2, 0.25) is 0 Å². The standard InChI is InChI=1S/C18H36O2.3H2O.O.Sb/c1-2-3-4-5-6-7-8-9-10-11-12-13-14-15-16-17-18(19)20;;;;;/h2-17H2,1H3,(H,19,20);3*1H2;;/q;;;;;+3/p-3. The van der Waals surface area contributed by atoms with Crippen LogP contribution in [0.2, 0.25) is 0 Å². The van der Waals surface area contributed by atoms with E-state index in [1.54, 1.807) is 0 Å². The monoisotopic (exact) mass is 472 g/mol. The molecular weight excluding hydrogens is 434 g/mol. The van der Waals surface area contributed by atoms with E-state index in [-0.39, 0.29) is 0 Å². The minimum absolute atomic E-state index is 0.345. The maximum atomic E-state index is 10.3. The van der Waals surface area contributed by atoms with Crippen LogP contribution in [0.4, 0.5) is 0 Å². The third kappa shape index (κ3) is 40.2. The Balaban J connectivity index is 0. The average molecular weight is 473 g/mol. The third-order valence-electron chi connectivity index (χ3n) is 3.99. The molecule has 25 heavy (non-hydrogen) atoms. The molecule has 0 radical (unpaired) electrons. The Morgan fingerprint density at radius 1 is 0.640 bits per heavy atom. The molecule has 0 spiro atoms. The van der Waals surface area contributed by atoms with E-state index < -0.39 is 26.0 Å². The molecule has 0 atom stereocenters. The second-order valence-electron chi connectivity index (χ2n) is 6.61. The van der Waals surface area contributed by atoms with Crippen molar-refractivity contribution >= 4 is 26.0 Å². The summed E-state index contributed by atoms with van der Waals surface area (Å²) in [5, 5.41) is 8.52. The fourth-order valence-corrected chi connectivity index (χ4v) is 2.65. The zero-order chi connectivity index (χ0) is 19.4. The molecule has 0 aliphatic rings. The Hall–Kier alpha value is -0.0318. The zero-order valence-corrected chi connectivity index (χ0v) is 18.4. The van der Waals surface area contributed by atoms with Gasteiger partial charge in [-0.2, -0.15) is 0 Å². The quantitative estimate of drug-likeness (QED) is 0.198. The van der Waals surface area contributed by atoms with Crippen LogP contribution in [0, 0.1) is 0 Å². The van der Waals surface area contributed by atoms with Crippen LogP contribution < -0.4 is 0 Å². The number of carbonyl (C=O) groups is 1. The van der Waals surface area contributed by atoms with Gasteiger partial charge in [0.05, 0.1) is 0 Å². The summed E-state index contributed by atoms with van der Waals surface area (Å²) in [4.78, 5) is 10.3. The van der Waals surface area contributed by atoms with Crippen LogP contribution in [-0.2, 0) is 7.81 Å². The van der Waals surface area contributed by atoms with E-state index in [2.05, 4.69) is 6.92 Å². The minimum atomic E-state index is -5.35. The van der Waals surface area contributed by atoms with Crippen LogP contribution in [0.5, 0.6) is 0 Å². The molecule has 0 saturated carbocycles. The topological polar surface area (TPSA) is 115 Å². The van der Waals surface area contributed by atoms with Crippen molar-refractivity contribution in [3.63, 3.8) is 0 Å². The first kappa shape index (κ1) is 27.2. The number of unbranched alkanes of at least 4 members (excludes halogenated alkanes) is 14. The molecule has 152 valence electrons. The number of carboxylic acid groups (broad SMARTS) is 1. The van der Waals surface area contributed by atoms with E-state index in [4.69, 9.17) is 18.3 Å². The van der Waals surface area contributed by atoms with Crippen molar-refractivity contribution < 1.29 is 23.1 Å². The van der Waals surface area contributed by atoms with Gasteiger partial charge in [-0.05, 0) is 6.42 Å². The molecule has 0 amide bonds. The summed E-state index contributed by atoms with van der Waals surface area (Å²) >= 11 is -5.35. The second-order valence-corrected chi connectivity index (χ2v) is 9.54. The predicted molar refractivity (Wildman–Crippen MR) is 100 cm³/mol. The van der Waals surface area contributed by atoms with Crippen molar-refractivity contribution in [1.29, 1.82) is 0 Å². The van der Waals surface area contributed by atoms with Gasteiger partial charge in [0.15, 0.2) is 0 Å². The fraction of sp³-hybridized carbons (Fsp3) is 0.944. The summed E-state index contributed by atoms with van der Waals surface area (Å²) in [6.07, 6.45) is 20.2. The Bertz CT molecular complexity index is 321.